The molecule has 1 aromatic carbocycles. The van der Waals surface area contributed by atoms with Gasteiger partial charge >= 0.3 is 11.9 Å². The van der Waals surface area contributed by atoms with E-state index in [1.807, 2.05) is 0 Å². The van der Waals surface area contributed by atoms with Crippen LogP contribution in [0, 0.1) is 0 Å². The maximum Gasteiger partial charge on any atom is 0.306 e. The van der Waals surface area contributed by atoms with Crippen molar-refractivity contribution in [3.8, 4) is 5.75 Å². The van der Waals surface area contributed by atoms with Gasteiger partial charge in [0.2, 0.25) is 0 Å². The minimum atomic E-state index is -0.989. The van der Waals surface area contributed by atoms with Crippen LogP contribution in [-0.2, 0) is 14.4 Å². The minimum Gasteiger partial charge on any atom is -0.493 e. The van der Waals surface area contributed by atoms with Gasteiger partial charge in [0.1, 0.15) is 10.1 Å². The molecule has 0 aliphatic carbocycles. The number of carboxylic acids is 2. The lowest BCUT2D eigenvalue weighted by atomic mass is 10.2. The van der Waals surface area contributed by atoms with Crippen LogP contribution in [0.3, 0.4) is 0 Å². The first-order valence-electron chi connectivity index (χ1n) is 7.28. The first-order valence-corrected chi connectivity index (χ1v) is 8.51. The Morgan fingerprint density at radius 3 is 2.40 bits per heavy atom. The summed E-state index contributed by atoms with van der Waals surface area (Å²) in [6, 6.07) is 6.83. The number of nitrogens with zero attached hydrogens (tertiary/aromatic N) is 1. The molecule has 0 atom stereocenters. The molecule has 1 aromatic rings. The Balaban J connectivity index is 2.00. The van der Waals surface area contributed by atoms with Crippen molar-refractivity contribution >= 4 is 52.2 Å². The Kier molecular flexibility index (Phi) is 6.54. The largest absolute Gasteiger partial charge is 0.493 e. The SMILES string of the molecule is O=C(O)CCOc1ccc(/C=C2\SC(=S)N(CCC(=O)O)C2=O)cc1. The molecule has 1 fully saturated rings. The van der Waals surface area contributed by atoms with E-state index in [1.165, 1.54) is 4.90 Å². The van der Waals surface area contributed by atoms with Gasteiger partial charge in [-0.15, -0.1) is 0 Å². The fraction of sp³-hybridized carbons (Fsp3) is 0.250. The smallest absolute Gasteiger partial charge is 0.306 e. The normalized spacial score (nSPS) is 15.7. The number of carboxylic acid groups (broad SMARTS) is 2. The van der Waals surface area contributed by atoms with Gasteiger partial charge in [0.05, 0.1) is 24.4 Å². The fourth-order valence-electron chi connectivity index (χ4n) is 1.97. The van der Waals surface area contributed by atoms with Crippen molar-refractivity contribution in [1.82, 2.24) is 4.90 Å². The monoisotopic (exact) mass is 381 g/mol. The van der Waals surface area contributed by atoms with Crippen molar-refractivity contribution in [2.45, 2.75) is 12.8 Å². The Labute approximate surface area is 153 Å². The van der Waals surface area contributed by atoms with Crippen LogP contribution in [0.4, 0.5) is 0 Å². The summed E-state index contributed by atoms with van der Waals surface area (Å²) in [6.45, 7) is 0.130. The van der Waals surface area contributed by atoms with E-state index in [1.54, 1.807) is 30.3 Å². The summed E-state index contributed by atoms with van der Waals surface area (Å²) in [5, 5.41) is 17.3. The second-order valence-corrected chi connectivity index (χ2v) is 6.71. The second-order valence-electron chi connectivity index (χ2n) is 5.04. The lowest BCUT2D eigenvalue weighted by molar-refractivity contribution is -0.138. The average Bonchev–Trinajstić information content (AvgIpc) is 2.80. The third-order valence-corrected chi connectivity index (χ3v) is 4.56. The van der Waals surface area contributed by atoms with E-state index in [2.05, 4.69) is 0 Å². The van der Waals surface area contributed by atoms with Gasteiger partial charge in [-0.2, -0.15) is 0 Å². The molecule has 0 radical (unpaired) electrons. The summed E-state index contributed by atoms with van der Waals surface area (Å²) in [4.78, 5) is 35.1. The number of thiocarbonyl (C=S) groups is 1. The van der Waals surface area contributed by atoms with Crippen LogP contribution in [0.2, 0.25) is 0 Å². The standard InChI is InChI=1S/C16H15NO6S2/c18-13(19)5-7-17-15(22)12(25-16(17)24)9-10-1-3-11(4-2-10)23-8-6-14(20)21/h1-4,9H,5-8H2,(H,18,19)(H,20,21)/b12-9-. The van der Waals surface area contributed by atoms with E-state index in [4.69, 9.17) is 27.2 Å². The number of thioether (sulfide) groups is 1. The molecule has 25 heavy (non-hydrogen) atoms. The number of aliphatic carboxylic acids is 2. The number of hydrogen-bond acceptors (Lipinski definition) is 6. The maximum absolute atomic E-state index is 12.3. The Morgan fingerprint density at radius 1 is 1.16 bits per heavy atom. The molecule has 1 amide bonds. The zero-order chi connectivity index (χ0) is 18.4. The quantitative estimate of drug-likeness (QED) is 0.522. The van der Waals surface area contributed by atoms with Gasteiger partial charge in [-0.1, -0.05) is 36.1 Å². The van der Waals surface area contributed by atoms with Crippen molar-refractivity contribution in [2.75, 3.05) is 13.2 Å². The molecule has 1 aliphatic heterocycles. The lowest BCUT2D eigenvalue weighted by Gasteiger charge is -2.12. The Bertz CT molecular complexity index is 729. The molecule has 0 saturated carbocycles. The predicted octanol–water partition coefficient (Wildman–Crippen LogP) is 2.22. The van der Waals surface area contributed by atoms with Gasteiger partial charge in [-0.3, -0.25) is 19.3 Å². The van der Waals surface area contributed by atoms with Gasteiger partial charge in [0.25, 0.3) is 5.91 Å². The molecule has 1 saturated heterocycles. The zero-order valence-corrected chi connectivity index (χ0v) is 14.6. The molecular formula is C16H15NO6S2. The zero-order valence-electron chi connectivity index (χ0n) is 13.0. The Morgan fingerprint density at radius 2 is 1.80 bits per heavy atom. The molecule has 1 aliphatic rings. The number of benzene rings is 1. The Hall–Kier alpha value is -2.39. The van der Waals surface area contributed by atoms with Crippen molar-refractivity contribution in [2.24, 2.45) is 0 Å². The van der Waals surface area contributed by atoms with Crippen molar-refractivity contribution < 1.29 is 29.3 Å². The molecule has 2 rings (SSSR count). The van der Waals surface area contributed by atoms with Gasteiger partial charge in [0, 0.05) is 6.54 Å². The first kappa shape index (κ1) is 18.9. The van der Waals surface area contributed by atoms with E-state index < -0.39 is 11.9 Å². The van der Waals surface area contributed by atoms with Crippen LogP contribution in [0.5, 0.6) is 5.75 Å². The van der Waals surface area contributed by atoms with E-state index in [-0.39, 0.29) is 31.9 Å². The first-order chi connectivity index (χ1) is 11.9. The van der Waals surface area contributed by atoms with Gasteiger partial charge < -0.3 is 14.9 Å². The van der Waals surface area contributed by atoms with Crippen LogP contribution >= 0.6 is 24.0 Å². The highest BCUT2D eigenvalue weighted by Crippen LogP contribution is 2.32. The fourth-order valence-corrected chi connectivity index (χ4v) is 3.28. The minimum absolute atomic E-state index is 0.0493. The van der Waals surface area contributed by atoms with Crippen molar-refractivity contribution in [3.05, 3.63) is 34.7 Å². The van der Waals surface area contributed by atoms with Gasteiger partial charge in [-0.25, -0.2) is 0 Å². The molecule has 0 bridgehead atoms. The summed E-state index contributed by atoms with van der Waals surface area (Å²) in [5.41, 5.74) is 0.754. The molecule has 0 aromatic heterocycles. The van der Waals surface area contributed by atoms with E-state index in [0.717, 1.165) is 17.3 Å². The molecule has 7 nitrogen and oxygen atoms in total. The van der Waals surface area contributed by atoms with Crippen LogP contribution in [0.25, 0.3) is 6.08 Å². The van der Waals surface area contributed by atoms with E-state index in [9.17, 15) is 14.4 Å². The van der Waals surface area contributed by atoms with Crippen LogP contribution in [0.15, 0.2) is 29.2 Å². The highest BCUT2D eigenvalue weighted by atomic mass is 32.2. The lowest BCUT2D eigenvalue weighted by Crippen LogP contribution is -2.30. The number of carbonyl (C=O) groups excluding carboxylic acids is 1. The molecule has 0 spiro atoms. The van der Waals surface area contributed by atoms with Crippen LogP contribution in [0.1, 0.15) is 18.4 Å². The maximum atomic E-state index is 12.3. The summed E-state index contributed by atoms with van der Waals surface area (Å²) in [7, 11) is 0. The number of ether oxygens (including phenoxy) is 1. The van der Waals surface area contributed by atoms with Crippen LogP contribution < -0.4 is 4.74 Å². The summed E-state index contributed by atoms with van der Waals surface area (Å²) in [6.07, 6.45) is 1.42. The highest BCUT2D eigenvalue weighted by molar-refractivity contribution is 8.26. The summed E-state index contributed by atoms with van der Waals surface area (Å²) in [5.74, 6) is -1.69. The molecular weight excluding hydrogens is 366 g/mol. The average molecular weight is 381 g/mol. The number of carbonyl (C=O) groups is 3. The van der Waals surface area contributed by atoms with Gasteiger partial charge in [-0.05, 0) is 23.8 Å². The summed E-state index contributed by atoms with van der Waals surface area (Å²) < 4.78 is 5.63. The second kappa shape index (κ2) is 8.63. The van der Waals surface area contributed by atoms with Crippen molar-refractivity contribution in [1.29, 1.82) is 0 Å². The molecule has 1 heterocycles. The third-order valence-electron chi connectivity index (χ3n) is 3.19. The van der Waals surface area contributed by atoms with E-state index >= 15 is 0 Å². The van der Waals surface area contributed by atoms with E-state index in [0.29, 0.717) is 15.0 Å². The molecule has 2 N–H and O–H groups in total. The number of rotatable bonds is 8. The van der Waals surface area contributed by atoms with Gasteiger partial charge in [0.15, 0.2) is 0 Å². The topological polar surface area (TPSA) is 104 Å². The summed E-state index contributed by atoms with van der Waals surface area (Å²) >= 11 is 6.25. The molecule has 132 valence electrons. The molecule has 0 unspecified atom stereocenters. The third kappa shape index (κ3) is 5.57. The van der Waals surface area contributed by atoms with Crippen molar-refractivity contribution in [3.63, 3.8) is 0 Å². The highest BCUT2D eigenvalue weighted by Gasteiger charge is 2.31. The predicted molar refractivity (Wildman–Crippen MR) is 96.3 cm³/mol. The van der Waals surface area contributed by atoms with Crippen LogP contribution in [-0.4, -0.2) is 50.4 Å². The number of amides is 1. The molecule has 9 heteroatoms. The number of hydrogen-bond donors (Lipinski definition) is 2.